The Balaban J connectivity index is 2.63. The van der Waals surface area contributed by atoms with Gasteiger partial charge in [-0.1, -0.05) is 6.07 Å². The maximum atomic E-state index is 11.2. The highest BCUT2D eigenvalue weighted by atomic mass is 35.5. The molecule has 0 atom stereocenters. The largest absolute Gasteiger partial charge is 0.294 e. The minimum absolute atomic E-state index is 0.0684. The highest BCUT2D eigenvalue weighted by Gasteiger charge is 2.22. The summed E-state index contributed by atoms with van der Waals surface area (Å²) in [5, 5.41) is -0.701. The first-order valence-electron chi connectivity index (χ1n) is 5.83. The number of benzene rings is 1. The first-order chi connectivity index (χ1) is 11.0. The average molecular weight is 415 g/mol. The molecule has 0 radical (unpaired) electrons. The van der Waals surface area contributed by atoms with E-state index in [4.69, 9.17) is 32.3 Å². The van der Waals surface area contributed by atoms with Crippen LogP contribution in [0.25, 0.3) is 0 Å². The normalized spacial score (nSPS) is 12.2. The molecular formula is C10H8Cl2N4O6S2. The Bertz CT molecular complexity index is 962. The molecule has 2 aromatic rings. The second kappa shape index (κ2) is 6.74. The molecule has 0 unspecified atom stereocenters. The van der Waals surface area contributed by atoms with E-state index in [1.807, 2.05) is 0 Å². The third-order valence-electron chi connectivity index (χ3n) is 2.53. The lowest BCUT2D eigenvalue weighted by Gasteiger charge is -2.21. The summed E-state index contributed by atoms with van der Waals surface area (Å²) in [5.74, 6) is -1.39. The van der Waals surface area contributed by atoms with Crippen LogP contribution in [-0.2, 0) is 20.2 Å². The number of hydrogen-bond acceptors (Lipinski definition) is 8. The molecule has 24 heavy (non-hydrogen) atoms. The van der Waals surface area contributed by atoms with Crippen molar-refractivity contribution in [2.45, 2.75) is 4.90 Å². The van der Waals surface area contributed by atoms with Gasteiger partial charge in [-0.25, -0.2) is 0 Å². The van der Waals surface area contributed by atoms with E-state index >= 15 is 0 Å². The Hall–Kier alpha value is -1.57. The van der Waals surface area contributed by atoms with E-state index in [0.29, 0.717) is 0 Å². The lowest BCUT2D eigenvalue weighted by Crippen LogP contribution is -2.27. The monoisotopic (exact) mass is 414 g/mol. The van der Waals surface area contributed by atoms with E-state index in [-0.39, 0.29) is 22.2 Å². The summed E-state index contributed by atoms with van der Waals surface area (Å²) in [6, 6.07) is 4.56. The summed E-state index contributed by atoms with van der Waals surface area (Å²) >= 11 is 11.3. The van der Waals surface area contributed by atoms with Gasteiger partial charge in [-0.15, -0.1) is 0 Å². The molecule has 130 valence electrons. The van der Waals surface area contributed by atoms with Crippen molar-refractivity contribution >= 4 is 55.1 Å². The first kappa shape index (κ1) is 18.8. The van der Waals surface area contributed by atoms with Crippen LogP contribution in [0.5, 0.6) is 0 Å². The van der Waals surface area contributed by atoms with Gasteiger partial charge in [0.05, 0.1) is 4.90 Å². The summed E-state index contributed by atoms with van der Waals surface area (Å²) in [7, 11) is -9.11. The molecule has 1 aromatic carbocycles. The molecule has 0 fully saturated rings. The van der Waals surface area contributed by atoms with E-state index in [1.165, 1.54) is 12.1 Å². The Morgan fingerprint density at radius 3 is 2.08 bits per heavy atom. The van der Waals surface area contributed by atoms with Crippen molar-refractivity contribution in [3.8, 4) is 0 Å². The van der Waals surface area contributed by atoms with Crippen LogP contribution in [-0.4, -0.2) is 46.8 Å². The van der Waals surface area contributed by atoms with Crippen LogP contribution >= 0.6 is 23.2 Å². The van der Waals surface area contributed by atoms with Crippen LogP contribution in [0.3, 0.4) is 0 Å². The third kappa shape index (κ3) is 4.96. The fraction of sp³-hybridized carbons (Fsp3) is 0.100. The van der Waals surface area contributed by atoms with Gasteiger partial charge in [0.15, 0.2) is 5.88 Å². The lowest BCUT2D eigenvalue weighted by atomic mass is 10.3. The predicted molar refractivity (Wildman–Crippen MR) is 84.7 cm³/mol. The molecule has 0 spiro atoms. The zero-order valence-electron chi connectivity index (χ0n) is 11.4. The van der Waals surface area contributed by atoms with Gasteiger partial charge in [0, 0.05) is 5.69 Å². The minimum atomic E-state index is -4.57. The zero-order valence-corrected chi connectivity index (χ0v) is 14.6. The molecule has 0 aliphatic rings. The van der Waals surface area contributed by atoms with Crippen LogP contribution < -0.4 is 4.90 Å². The molecule has 14 heteroatoms. The lowest BCUT2D eigenvalue weighted by molar-refractivity contribution is 0.481. The number of hydrogen-bond donors (Lipinski definition) is 2. The van der Waals surface area contributed by atoms with Gasteiger partial charge in [0.1, 0.15) is 0 Å². The van der Waals surface area contributed by atoms with E-state index in [9.17, 15) is 16.8 Å². The van der Waals surface area contributed by atoms with Gasteiger partial charge in [0.2, 0.25) is 16.5 Å². The highest BCUT2D eigenvalue weighted by Crippen LogP contribution is 2.26. The van der Waals surface area contributed by atoms with E-state index in [1.54, 1.807) is 0 Å². The van der Waals surface area contributed by atoms with Gasteiger partial charge in [-0.2, -0.15) is 31.8 Å². The summed E-state index contributed by atoms with van der Waals surface area (Å²) in [6.07, 6.45) is 0. The molecule has 0 aliphatic carbocycles. The molecule has 2 rings (SSSR count). The SMILES string of the molecule is O=S(=O)(O)CN(c1cccc(S(=O)(=O)O)c1)c1nc(Cl)nc(Cl)n1. The number of halogens is 2. The average Bonchev–Trinajstić information content (AvgIpc) is 2.42. The van der Waals surface area contributed by atoms with E-state index in [0.717, 1.165) is 17.0 Å². The smallest absolute Gasteiger partial charge is 0.293 e. The quantitative estimate of drug-likeness (QED) is 0.686. The topological polar surface area (TPSA) is 151 Å². The van der Waals surface area contributed by atoms with Gasteiger partial charge < -0.3 is 0 Å². The van der Waals surface area contributed by atoms with Crippen molar-refractivity contribution in [1.29, 1.82) is 0 Å². The Morgan fingerprint density at radius 1 is 1.00 bits per heavy atom. The Morgan fingerprint density at radius 2 is 1.58 bits per heavy atom. The fourth-order valence-electron chi connectivity index (χ4n) is 1.66. The molecule has 0 saturated heterocycles. The number of rotatable bonds is 5. The summed E-state index contributed by atoms with van der Waals surface area (Å²) in [4.78, 5) is 11.2. The zero-order chi connectivity index (χ0) is 18.1. The maximum absolute atomic E-state index is 11.2. The van der Waals surface area contributed by atoms with Crippen LogP contribution in [0.2, 0.25) is 10.6 Å². The number of anilines is 2. The second-order valence-corrected chi connectivity index (χ2v) is 7.80. The van der Waals surface area contributed by atoms with Crippen molar-refractivity contribution in [3.05, 3.63) is 34.8 Å². The molecule has 0 amide bonds. The van der Waals surface area contributed by atoms with Gasteiger partial charge in [-0.3, -0.25) is 14.0 Å². The van der Waals surface area contributed by atoms with Crippen molar-refractivity contribution < 1.29 is 25.9 Å². The molecule has 10 nitrogen and oxygen atoms in total. The third-order valence-corrected chi connectivity index (χ3v) is 4.30. The standard InChI is InChI=1S/C10H8Cl2N4O6S2/c11-8-13-9(12)15-10(14-8)16(5-23(17,18)19)6-2-1-3-7(4-6)24(20,21)22/h1-4H,5H2,(H,17,18,19)(H,20,21,22). The number of nitrogens with zero attached hydrogens (tertiary/aromatic N) is 4. The van der Waals surface area contributed by atoms with Crippen molar-refractivity contribution in [3.63, 3.8) is 0 Å². The van der Waals surface area contributed by atoms with Crippen molar-refractivity contribution in [1.82, 2.24) is 15.0 Å². The molecule has 1 aromatic heterocycles. The van der Waals surface area contributed by atoms with Gasteiger partial charge in [0.25, 0.3) is 20.2 Å². The van der Waals surface area contributed by atoms with Crippen LogP contribution in [0, 0.1) is 0 Å². The Kier molecular flexibility index (Phi) is 5.27. The molecule has 0 bridgehead atoms. The molecule has 2 N–H and O–H groups in total. The Labute approximate surface area is 146 Å². The highest BCUT2D eigenvalue weighted by molar-refractivity contribution is 7.86. The first-order valence-corrected chi connectivity index (χ1v) is 9.63. The molecular weight excluding hydrogens is 407 g/mol. The maximum Gasteiger partial charge on any atom is 0.294 e. The van der Waals surface area contributed by atoms with Crippen molar-refractivity contribution in [2.75, 3.05) is 10.8 Å². The minimum Gasteiger partial charge on any atom is -0.293 e. The van der Waals surface area contributed by atoms with Crippen molar-refractivity contribution in [2.24, 2.45) is 0 Å². The van der Waals surface area contributed by atoms with E-state index < -0.39 is 31.0 Å². The molecule has 0 aliphatic heterocycles. The predicted octanol–water partition coefficient (Wildman–Crippen LogP) is 1.41. The molecule has 1 heterocycles. The van der Waals surface area contributed by atoms with Crippen LogP contribution in [0.4, 0.5) is 11.6 Å². The fourth-order valence-corrected chi connectivity index (χ4v) is 3.13. The summed E-state index contributed by atoms with van der Waals surface area (Å²) in [5.41, 5.74) is -0.0684. The van der Waals surface area contributed by atoms with Gasteiger partial charge in [-0.05, 0) is 41.4 Å². The summed E-state index contributed by atoms with van der Waals surface area (Å²) < 4.78 is 63.1. The van der Waals surface area contributed by atoms with Crippen LogP contribution in [0.15, 0.2) is 29.2 Å². The molecule has 0 saturated carbocycles. The summed E-state index contributed by atoms with van der Waals surface area (Å²) in [6.45, 7) is 0. The van der Waals surface area contributed by atoms with Crippen LogP contribution in [0.1, 0.15) is 0 Å². The number of aromatic nitrogens is 3. The second-order valence-electron chi connectivity index (χ2n) is 4.28. The van der Waals surface area contributed by atoms with E-state index in [2.05, 4.69) is 15.0 Å². The van der Waals surface area contributed by atoms with Gasteiger partial charge >= 0.3 is 0 Å².